The summed E-state index contributed by atoms with van der Waals surface area (Å²) in [6, 6.07) is 7.63. The van der Waals surface area contributed by atoms with Gasteiger partial charge in [-0.15, -0.1) is 0 Å². The fourth-order valence-electron chi connectivity index (χ4n) is 3.42. The number of pyridine rings is 1. The lowest BCUT2D eigenvalue weighted by atomic mass is 10.0. The molecule has 2 aliphatic rings. The number of likely N-dealkylation sites (tertiary alicyclic amines) is 1. The molecule has 0 radical (unpaired) electrons. The number of hydrogen-bond acceptors (Lipinski definition) is 4. The summed E-state index contributed by atoms with van der Waals surface area (Å²) in [4.78, 5) is 21.6. The molecule has 0 aliphatic carbocycles. The lowest BCUT2D eigenvalue weighted by molar-refractivity contribution is 0.00921. The van der Waals surface area contributed by atoms with Gasteiger partial charge in [0.15, 0.2) is 0 Å². The van der Waals surface area contributed by atoms with Crippen molar-refractivity contribution in [1.29, 1.82) is 0 Å². The van der Waals surface area contributed by atoms with Crippen LogP contribution in [0.25, 0.3) is 0 Å². The Morgan fingerprint density at radius 1 is 1.39 bits per heavy atom. The quantitative estimate of drug-likeness (QED) is 0.928. The summed E-state index contributed by atoms with van der Waals surface area (Å²) in [6.45, 7) is 2.35. The van der Waals surface area contributed by atoms with Gasteiger partial charge in [0, 0.05) is 31.1 Å². The Labute approximate surface area is 134 Å². The second-order valence-corrected chi connectivity index (χ2v) is 6.02. The predicted molar refractivity (Wildman–Crippen MR) is 82.7 cm³/mol. The van der Waals surface area contributed by atoms with E-state index in [1.165, 1.54) is 0 Å². The number of hydrogen-bond donors (Lipinski definition) is 1. The Morgan fingerprint density at radius 2 is 2.35 bits per heavy atom. The molecule has 2 fully saturated rings. The topological polar surface area (TPSA) is 67.5 Å². The monoisotopic (exact) mass is 313 g/mol. The fourth-order valence-corrected chi connectivity index (χ4v) is 3.42. The molecule has 23 heavy (non-hydrogen) atoms. The second kappa shape index (κ2) is 6.14. The summed E-state index contributed by atoms with van der Waals surface area (Å²) >= 11 is 0. The minimum absolute atomic E-state index is 0.00150. The van der Waals surface area contributed by atoms with Crippen molar-refractivity contribution in [2.75, 3.05) is 19.8 Å². The van der Waals surface area contributed by atoms with Gasteiger partial charge in [0.2, 0.25) is 0 Å². The highest BCUT2D eigenvalue weighted by Gasteiger charge is 2.48. The lowest BCUT2D eigenvalue weighted by Gasteiger charge is -2.21. The summed E-state index contributed by atoms with van der Waals surface area (Å²) < 4.78 is 11.7. The number of fused-ring (bicyclic) bond motifs is 1. The number of carbonyl (C=O) groups excluding carboxylic acids is 1. The van der Waals surface area contributed by atoms with E-state index in [1.807, 2.05) is 23.1 Å². The van der Waals surface area contributed by atoms with E-state index in [0.29, 0.717) is 32.1 Å². The summed E-state index contributed by atoms with van der Waals surface area (Å²) in [5, 5.41) is 0. The molecule has 6 heteroatoms. The normalized spacial score (nSPS) is 26.4. The maximum absolute atomic E-state index is 12.6. The molecule has 4 rings (SSSR count). The van der Waals surface area contributed by atoms with Gasteiger partial charge in [-0.3, -0.25) is 9.78 Å². The molecule has 1 N–H and O–H groups in total. The molecular formula is C17H19N3O3. The highest BCUT2D eigenvalue weighted by Crippen LogP contribution is 2.33. The number of ether oxygens (including phenoxy) is 2. The first-order valence-electron chi connectivity index (χ1n) is 7.85. The molecule has 0 unspecified atom stereocenters. The highest BCUT2D eigenvalue weighted by molar-refractivity contribution is 5.93. The van der Waals surface area contributed by atoms with Crippen LogP contribution >= 0.6 is 0 Å². The number of H-pyrrole nitrogens is 1. The van der Waals surface area contributed by atoms with E-state index in [-0.39, 0.29) is 24.0 Å². The average Bonchev–Trinajstić information content (AvgIpc) is 3.31. The van der Waals surface area contributed by atoms with Crippen molar-refractivity contribution in [2.45, 2.75) is 18.8 Å². The Bertz CT molecular complexity index is 659. The van der Waals surface area contributed by atoms with Crippen molar-refractivity contribution in [1.82, 2.24) is 14.9 Å². The van der Waals surface area contributed by atoms with Gasteiger partial charge in [0.25, 0.3) is 5.91 Å². The molecule has 0 aromatic carbocycles. The number of carbonyl (C=O) groups is 1. The van der Waals surface area contributed by atoms with E-state index >= 15 is 0 Å². The summed E-state index contributed by atoms with van der Waals surface area (Å²) in [5.41, 5.74) is 1.65. The van der Waals surface area contributed by atoms with Crippen LogP contribution in [0, 0.1) is 5.92 Å². The number of aromatic amines is 1. The van der Waals surface area contributed by atoms with Crippen molar-refractivity contribution in [3.8, 4) is 0 Å². The second-order valence-electron chi connectivity index (χ2n) is 6.02. The zero-order valence-electron chi connectivity index (χ0n) is 12.7. The average molecular weight is 313 g/mol. The van der Waals surface area contributed by atoms with Gasteiger partial charge in [-0.05, 0) is 23.8 Å². The van der Waals surface area contributed by atoms with Crippen molar-refractivity contribution in [3.05, 3.63) is 54.1 Å². The van der Waals surface area contributed by atoms with Crippen molar-refractivity contribution in [2.24, 2.45) is 5.92 Å². The largest absolute Gasteiger partial charge is 0.379 e. The third kappa shape index (κ3) is 2.75. The number of nitrogens with zero attached hydrogens (tertiary/aromatic N) is 2. The van der Waals surface area contributed by atoms with Crippen LogP contribution in [-0.4, -0.2) is 52.7 Å². The Kier molecular flexibility index (Phi) is 3.85. The summed E-state index contributed by atoms with van der Waals surface area (Å²) in [5.74, 6) is 0.258. The SMILES string of the molecule is O=C(c1ccc[nH]1)N1C[C@H](OCc2cccnc2)[C@H]2COC[C@H]21. The fraction of sp³-hybridized carbons (Fsp3) is 0.412. The van der Waals surface area contributed by atoms with Crippen LogP contribution in [0.5, 0.6) is 0 Å². The minimum Gasteiger partial charge on any atom is -0.379 e. The first kappa shape index (κ1) is 14.4. The van der Waals surface area contributed by atoms with E-state index in [1.54, 1.807) is 24.7 Å². The molecule has 2 saturated heterocycles. The van der Waals surface area contributed by atoms with Crippen molar-refractivity contribution >= 4 is 5.91 Å². The molecular weight excluding hydrogens is 294 g/mol. The van der Waals surface area contributed by atoms with E-state index in [0.717, 1.165) is 5.56 Å². The lowest BCUT2D eigenvalue weighted by Crippen LogP contribution is -2.38. The van der Waals surface area contributed by atoms with Crippen LogP contribution in [0.15, 0.2) is 42.9 Å². The molecule has 0 saturated carbocycles. The number of nitrogens with one attached hydrogen (secondary N) is 1. The molecule has 1 amide bonds. The summed E-state index contributed by atoms with van der Waals surface area (Å²) in [7, 11) is 0. The molecule has 2 aromatic heterocycles. The van der Waals surface area contributed by atoms with Crippen LogP contribution in [0.4, 0.5) is 0 Å². The van der Waals surface area contributed by atoms with Gasteiger partial charge >= 0.3 is 0 Å². The molecule has 4 heterocycles. The van der Waals surface area contributed by atoms with Gasteiger partial charge in [-0.1, -0.05) is 6.07 Å². The molecule has 2 aromatic rings. The molecule has 2 aliphatic heterocycles. The maximum atomic E-state index is 12.6. The highest BCUT2D eigenvalue weighted by atomic mass is 16.5. The van der Waals surface area contributed by atoms with Gasteiger partial charge in [-0.25, -0.2) is 0 Å². The molecule has 0 bridgehead atoms. The Balaban J connectivity index is 1.46. The van der Waals surface area contributed by atoms with Crippen molar-refractivity contribution < 1.29 is 14.3 Å². The van der Waals surface area contributed by atoms with Gasteiger partial charge in [0.05, 0.1) is 32.0 Å². The first-order valence-corrected chi connectivity index (χ1v) is 7.85. The number of amides is 1. The van der Waals surface area contributed by atoms with Crippen LogP contribution in [0.2, 0.25) is 0 Å². The van der Waals surface area contributed by atoms with E-state index in [4.69, 9.17) is 9.47 Å². The van der Waals surface area contributed by atoms with Gasteiger partial charge < -0.3 is 19.4 Å². The van der Waals surface area contributed by atoms with Crippen LogP contribution in [-0.2, 0) is 16.1 Å². The zero-order valence-corrected chi connectivity index (χ0v) is 12.7. The minimum atomic E-state index is 0.00150. The third-order valence-corrected chi connectivity index (χ3v) is 4.62. The molecule has 120 valence electrons. The molecule has 3 atom stereocenters. The van der Waals surface area contributed by atoms with E-state index in [2.05, 4.69) is 9.97 Å². The van der Waals surface area contributed by atoms with Gasteiger partial charge in [0.1, 0.15) is 5.69 Å². The smallest absolute Gasteiger partial charge is 0.270 e. The van der Waals surface area contributed by atoms with Crippen molar-refractivity contribution in [3.63, 3.8) is 0 Å². The van der Waals surface area contributed by atoms with Crippen LogP contribution < -0.4 is 0 Å². The first-order chi connectivity index (χ1) is 11.3. The van der Waals surface area contributed by atoms with Gasteiger partial charge in [-0.2, -0.15) is 0 Å². The van der Waals surface area contributed by atoms with Crippen LogP contribution in [0.1, 0.15) is 16.1 Å². The third-order valence-electron chi connectivity index (χ3n) is 4.62. The standard InChI is InChI=1S/C17H19N3O3/c21-17(14-4-2-6-19-14)20-8-16(13-10-22-11-15(13)20)23-9-12-3-1-5-18-7-12/h1-7,13,15-16,19H,8-11H2/t13-,15+,16-/m0/s1. The zero-order chi connectivity index (χ0) is 15.6. The maximum Gasteiger partial charge on any atom is 0.270 e. The Hall–Kier alpha value is -2.18. The number of aromatic nitrogens is 2. The van der Waals surface area contributed by atoms with E-state index < -0.39 is 0 Å². The molecule has 6 nitrogen and oxygen atoms in total. The van der Waals surface area contributed by atoms with Crippen LogP contribution in [0.3, 0.4) is 0 Å². The Morgan fingerprint density at radius 3 is 3.13 bits per heavy atom. The number of rotatable bonds is 4. The van der Waals surface area contributed by atoms with E-state index in [9.17, 15) is 4.79 Å². The molecule has 0 spiro atoms. The predicted octanol–water partition coefficient (Wildman–Crippen LogP) is 1.47. The summed E-state index contributed by atoms with van der Waals surface area (Å²) in [6.07, 6.45) is 5.32.